The second-order valence-electron chi connectivity index (χ2n) is 12.4. The van der Waals surface area contributed by atoms with Crippen LogP contribution in [0.4, 0.5) is 5.69 Å². The lowest BCUT2D eigenvalue weighted by molar-refractivity contribution is -0.140. The molecule has 0 heterocycles. The molecule has 1 atom stereocenters. The fourth-order valence-corrected chi connectivity index (χ4v) is 6.90. The first-order valence-corrected chi connectivity index (χ1v) is 17.1. The number of sulfonamides is 1. The van der Waals surface area contributed by atoms with Gasteiger partial charge in [-0.25, -0.2) is 8.42 Å². The Morgan fingerprint density at radius 2 is 1.46 bits per heavy atom. The molecule has 0 aliphatic heterocycles. The first-order valence-electron chi connectivity index (χ1n) is 14.9. The number of hydrogen-bond donors (Lipinski definition) is 1. The van der Waals surface area contributed by atoms with Crippen molar-refractivity contribution in [2.24, 2.45) is 0 Å². The van der Waals surface area contributed by atoms with Crippen LogP contribution in [0.2, 0.25) is 10.0 Å². The van der Waals surface area contributed by atoms with E-state index >= 15 is 0 Å². The first kappa shape index (κ1) is 35.0. The van der Waals surface area contributed by atoms with E-state index in [1.54, 1.807) is 18.2 Å². The summed E-state index contributed by atoms with van der Waals surface area (Å²) in [5, 5.41) is 3.38. The van der Waals surface area contributed by atoms with E-state index in [1.807, 2.05) is 89.2 Å². The van der Waals surface area contributed by atoms with Crippen LogP contribution in [0.25, 0.3) is 0 Å². The van der Waals surface area contributed by atoms with Gasteiger partial charge in [0.2, 0.25) is 11.8 Å². The molecule has 0 aliphatic rings. The van der Waals surface area contributed by atoms with Gasteiger partial charge in [-0.05, 0) is 76.1 Å². The molecule has 0 radical (unpaired) electrons. The summed E-state index contributed by atoms with van der Waals surface area (Å²) in [5.41, 5.74) is 2.97. The zero-order valence-electron chi connectivity index (χ0n) is 26.6. The van der Waals surface area contributed by atoms with Crippen LogP contribution in [0.5, 0.6) is 0 Å². The Labute approximate surface area is 282 Å². The monoisotopic (exact) mass is 679 g/mol. The number of hydrogen-bond acceptors (Lipinski definition) is 4. The van der Waals surface area contributed by atoms with E-state index in [4.69, 9.17) is 23.2 Å². The molecule has 2 amide bonds. The number of amides is 2. The minimum atomic E-state index is -4.31. The Morgan fingerprint density at radius 3 is 2.09 bits per heavy atom. The van der Waals surface area contributed by atoms with Crippen LogP contribution in [-0.4, -0.2) is 43.3 Å². The van der Waals surface area contributed by atoms with E-state index in [2.05, 4.69) is 5.32 Å². The summed E-state index contributed by atoms with van der Waals surface area (Å²) in [6.45, 7) is 8.84. The summed E-state index contributed by atoms with van der Waals surface area (Å²) >= 11 is 12.9. The van der Waals surface area contributed by atoms with Crippen LogP contribution in [-0.2, 0) is 32.6 Å². The molecule has 0 saturated carbocycles. The van der Waals surface area contributed by atoms with Crippen LogP contribution in [0.3, 0.4) is 0 Å². The van der Waals surface area contributed by atoms with Crippen molar-refractivity contribution >= 4 is 50.7 Å². The van der Waals surface area contributed by atoms with Crippen molar-refractivity contribution in [1.29, 1.82) is 0 Å². The van der Waals surface area contributed by atoms with Gasteiger partial charge in [0.15, 0.2) is 0 Å². The molecule has 0 bridgehead atoms. The fraction of sp³-hybridized carbons (Fsp3) is 0.278. The fourth-order valence-electron chi connectivity index (χ4n) is 5.04. The molecular formula is C36H39Cl2N3O4S. The molecule has 4 rings (SSSR count). The lowest BCUT2D eigenvalue weighted by atomic mass is 10.0. The highest BCUT2D eigenvalue weighted by molar-refractivity contribution is 7.92. The Balaban J connectivity index is 1.85. The number of halogens is 2. The van der Waals surface area contributed by atoms with E-state index in [0.29, 0.717) is 0 Å². The van der Waals surface area contributed by atoms with Crippen molar-refractivity contribution < 1.29 is 18.0 Å². The summed E-state index contributed by atoms with van der Waals surface area (Å²) in [6, 6.07) is 26.9. The van der Waals surface area contributed by atoms with E-state index in [9.17, 15) is 18.0 Å². The minimum absolute atomic E-state index is 0.0153. The van der Waals surface area contributed by atoms with Crippen LogP contribution in [0.15, 0.2) is 102 Å². The van der Waals surface area contributed by atoms with Crippen molar-refractivity contribution in [2.45, 2.75) is 64.1 Å². The van der Waals surface area contributed by atoms with Gasteiger partial charge in [0.05, 0.1) is 15.6 Å². The van der Waals surface area contributed by atoms with Gasteiger partial charge in [0.25, 0.3) is 10.0 Å². The number of nitrogens with one attached hydrogen (secondary N) is 1. The van der Waals surface area contributed by atoms with Crippen molar-refractivity contribution in [2.75, 3.05) is 10.8 Å². The predicted molar refractivity (Wildman–Crippen MR) is 186 cm³/mol. The number of carbonyl (C=O) groups excluding carboxylic acids is 2. The normalized spacial score (nSPS) is 12.3. The predicted octanol–water partition coefficient (Wildman–Crippen LogP) is 7.36. The molecule has 0 aromatic heterocycles. The molecule has 242 valence electrons. The van der Waals surface area contributed by atoms with Gasteiger partial charge >= 0.3 is 0 Å². The van der Waals surface area contributed by atoms with E-state index in [0.717, 1.165) is 26.6 Å². The van der Waals surface area contributed by atoms with Gasteiger partial charge in [-0.2, -0.15) is 0 Å². The van der Waals surface area contributed by atoms with Crippen LogP contribution < -0.4 is 9.62 Å². The smallest absolute Gasteiger partial charge is 0.264 e. The summed E-state index contributed by atoms with van der Waals surface area (Å²) in [6.07, 6.45) is 0.211. The SMILES string of the molecule is Cc1ccc(S(=O)(=O)N(CC(=O)N(Cc2cccc(C)c2)[C@@H](Cc2ccccc2)C(=O)NC(C)(C)C)c2cc(Cl)ccc2Cl)cc1. The Hall–Kier alpha value is -3.85. The van der Waals surface area contributed by atoms with E-state index in [-0.39, 0.29) is 39.5 Å². The first-order chi connectivity index (χ1) is 21.6. The summed E-state index contributed by atoms with van der Waals surface area (Å²) in [5.74, 6) is -0.940. The average molecular weight is 681 g/mol. The maximum absolute atomic E-state index is 14.6. The molecule has 0 saturated heterocycles. The van der Waals surface area contributed by atoms with Gasteiger partial charge in [-0.1, -0.05) is 101 Å². The molecular weight excluding hydrogens is 641 g/mol. The maximum atomic E-state index is 14.6. The quantitative estimate of drug-likeness (QED) is 0.179. The molecule has 0 spiro atoms. The van der Waals surface area contributed by atoms with Gasteiger partial charge in [0, 0.05) is 23.5 Å². The second-order valence-corrected chi connectivity index (χ2v) is 15.1. The van der Waals surface area contributed by atoms with Crippen LogP contribution >= 0.6 is 23.2 Å². The highest BCUT2D eigenvalue weighted by atomic mass is 35.5. The summed E-state index contributed by atoms with van der Waals surface area (Å²) in [4.78, 5) is 30.0. The highest BCUT2D eigenvalue weighted by Gasteiger charge is 2.36. The zero-order valence-corrected chi connectivity index (χ0v) is 29.0. The number of rotatable bonds is 11. The van der Waals surface area contributed by atoms with Gasteiger partial charge in [-0.3, -0.25) is 13.9 Å². The molecule has 4 aromatic carbocycles. The molecule has 0 unspecified atom stereocenters. The maximum Gasteiger partial charge on any atom is 0.264 e. The number of anilines is 1. The standard InChI is InChI=1S/C36H39Cl2N3O4S/c1-25-14-17-30(18-15-25)46(44,45)41(32-22-29(37)16-19-31(32)38)24-34(42)40(23-28-13-9-10-26(2)20-28)33(35(43)39-36(3,4)5)21-27-11-7-6-8-12-27/h6-20,22,33H,21,23-24H2,1-5H3,(H,39,43)/t33-/m0/s1. The molecule has 46 heavy (non-hydrogen) atoms. The Morgan fingerprint density at radius 1 is 0.804 bits per heavy atom. The molecule has 7 nitrogen and oxygen atoms in total. The minimum Gasteiger partial charge on any atom is -0.350 e. The second kappa shape index (κ2) is 14.7. The third kappa shape index (κ3) is 9.12. The third-order valence-corrected chi connectivity index (χ3v) is 9.60. The van der Waals surface area contributed by atoms with Gasteiger partial charge in [0.1, 0.15) is 12.6 Å². The van der Waals surface area contributed by atoms with Crippen molar-refractivity contribution in [3.8, 4) is 0 Å². The average Bonchev–Trinajstić information content (AvgIpc) is 2.98. The largest absolute Gasteiger partial charge is 0.350 e. The topological polar surface area (TPSA) is 86.8 Å². The number of aryl methyl sites for hydroxylation is 2. The van der Waals surface area contributed by atoms with Crippen molar-refractivity contribution in [3.05, 3.63) is 129 Å². The summed E-state index contributed by atoms with van der Waals surface area (Å²) in [7, 11) is -4.31. The van der Waals surface area contributed by atoms with Crippen LogP contribution in [0, 0.1) is 13.8 Å². The van der Waals surface area contributed by atoms with Gasteiger partial charge in [-0.15, -0.1) is 0 Å². The Kier molecular flexibility index (Phi) is 11.2. The number of nitrogens with zero attached hydrogens (tertiary/aromatic N) is 2. The lowest BCUT2D eigenvalue weighted by Gasteiger charge is -2.35. The summed E-state index contributed by atoms with van der Waals surface area (Å²) < 4.78 is 29.4. The zero-order chi connectivity index (χ0) is 33.6. The van der Waals surface area contributed by atoms with E-state index < -0.39 is 34.1 Å². The number of carbonyl (C=O) groups is 2. The molecule has 0 aliphatic carbocycles. The molecule has 0 fully saturated rings. The molecule has 4 aromatic rings. The number of benzene rings is 4. The van der Waals surface area contributed by atoms with E-state index in [1.165, 1.54) is 29.2 Å². The third-order valence-electron chi connectivity index (χ3n) is 7.27. The van der Waals surface area contributed by atoms with Crippen molar-refractivity contribution in [1.82, 2.24) is 10.2 Å². The highest BCUT2D eigenvalue weighted by Crippen LogP contribution is 2.33. The molecule has 1 N–H and O–H groups in total. The lowest BCUT2D eigenvalue weighted by Crippen LogP contribution is -2.56. The molecule has 10 heteroatoms. The van der Waals surface area contributed by atoms with Crippen LogP contribution in [0.1, 0.15) is 43.0 Å². The van der Waals surface area contributed by atoms with Gasteiger partial charge < -0.3 is 10.2 Å². The Bertz CT molecular complexity index is 1790. The van der Waals surface area contributed by atoms with Crippen molar-refractivity contribution in [3.63, 3.8) is 0 Å².